The molecule has 1 saturated heterocycles. The van der Waals surface area contributed by atoms with E-state index in [0.29, 0.717) is 24.0 Å². The lowest BCUT2D eigenvalue weighted by Crippen LogP contribution is -2.49. The zero-order chi connectivity index (χ0) is 18.1. The van der Waals surface area contributed by atoms with Crippen molar-refractivity contribution < 1.29 is 9.72 Å². The molecule has 0 bridgehead atoms. The van der Waals surface area contributed by atoms with Crippen molar-refractivity contribution in [2.45, 2.75) is 18.4 Å². The quantitative estimate of drug-likeness (QED) is 0.537. The summed E-state index contributed by atoms with van der Waals surface area (Å²) in [7, 11) is 0. The second-order valence-electron chi connectivity index (χ2n) is 6.52. The molecule has 1 fully saturated rings. The summed E-state index contributed by atoms with van der Waals surface area (Å²) >= 11 is 0. The first-order chi connectivity index (χ1) is 12.6. The second kappa shape index (κ2) is 6.59. The molecule has 2 atom stereocenters. The summed E-state index contributed by atoms with van der Waals surface area (Å²) in [6.45, 7) is 0.610. The molecule has 4 rings (SSSR count). The number of hydrogen-bond donors (Lipinski definition) is 0. The molecule has 7 nitrogen and oxygen atoms in total. The third-order valence-electron chi connectivity index (χ3n) is 5.05. The number of fused-ring (bicyclic) bond motifs is 1. The van der Waals surface area contributed by atoms with Crippen molar-refractivity contribution in [3.8, 4) is 0 Å². The average Bonchev–Trinajstić information content (AvgIpc) is 3.16. The number of imidazole rings is 1. The number of amides is 1. The Hall–Kier alpha value is -3.22. The lowest BCUT2D eigenvalue weighted by Gasteiger charge is -2.34. The number of carbonyl (C=O) groups excluding carboxylic acids is 1. The number of aromatic nitrogens is 2. The molecule has 0 radical (unpaired) electrons. The Kier molecular flexibility index (Phi) is 4.12. The smallest absolute Gasteiger partial charge is 0.256 e. The minimum Gasteiger partial charge on any atom is -0.332 e. The molecule has 1 aliphatic heterocycles. The Morgan fingerprint density at radius 2 is 2.00 bits per heavy atom. The molecule has 7 heteroatoms. The van der Waals surface area contributed by atoms with Crippen LogP contribution in [0, 0.1) is 10.1 Å². The van der Waals surface area contributed by atoms with Crippen LogP contribution in [0.5, 0.6) is 0 Å². The molecular weight excluding hydrogens is 332 g/mol. The zero-order valence-electron chi connectivity index (χ0n) is 14.1. The van der Waals surface area contributed by atoms with Gasteiger partial charge in [-0.25, -0.2) is 4.98 Å². The number of pyridine rings is 1. The Morgan fingerprint density at radius 1 is 1.19 bits per heavy atom. The maximum Gasteiger partial charge on any atom is 0.256 e. The van der Waals surface area contributed by atoms with E-state index in [0.717, 1.165) is 5.56 Å². The number of hydrogen-bond acceptors (Lipinski definition) is 4. The maximum atomic E-state index is 13.0. The molecule has 3 aromatic rings. The zero-order valence-corrected chi connectivity index (χ0v) is 14.1. The normalized spacial score (nSPS) is 20.2. The van der Waals surface area contributed by atoms with Gasteiger partial charge in [-0.3, -0.25) is 14.9 Å². The molecule has 0 N–H and O–H groups in total. The molecule has 0 spiro atoms. The van der Waals surface area contributed by atoms with Gasteiger partial charge < -0.3 is 9.30 Å². The summed E-state index contributed by atoms with van der Waals surface area (Å²) in [5.74, 6) is -0.365. The third-order valence-corrected chi connectivity index (χ3v) is 5.05. The fourth-order valence-corrected chi connectivity index (χ4v) is 3.72. The van der Waals surface area contributed by atoms with Gasteiger partial charge in [0.15, 0.2) is 0 Å². The summed E-state index contributed by atoms with van der Waals surface area (Å²) in [6.07, 6.45) is 5.66. The van der Waals surface area contributed by atoms with Gasteiger partial charge in [-0.1, -0.05) is 30.3 Å². The largest absolute Gasteiger partial charge is 0.332 e. The van der Waals surface area contributed by atoms with Gasteiger partial charge in [-0.2, -0.15) is 0 Å². The van der Waals surface area contributed by atoms with Crippen LogP contribution in [-0.2, 0) is 0 Å². The lowest BCUT2D eigenvalue weighted by molar-refractivity contribution is -0.529. The molecule has 0 saturated carbocycles. The third kappa shape index (κ3) is 2.81. The molecule has 3 heterocycles. The Morgan fingerprint density at radius 3 is 2.77 bits per heavy atom. The van der Waals surface area contributed by atoms with Gasteiger partial charge in [0.05, 0.1) is 36.1 Å². The van der Waals surface area contributed by atoms with Crippen LogP contribution in [0.1, 0.15) is 28.3 Å². The van der Waals surface area contributed by atoms with Crippen LogP contribution in [0.25, 0.3) is 5.52 Å². The van der Waals surface area contributed by atoms with Gasteiger partial charge in [0, 0.05) is 17.7 Å². The highest BCUT2D eigenvalue weighted by Crippen LogP contribution is 2.31. The fourth-order valence-electron chi connectivity index (χ4n) is 3.72. The molecule has 1 amide bonds. The molecule has 0 unspecified atom stereocenters. The van der Waals surface area contributed by atoms with E-state index in [1.807, 2.05) is 36.5 Å². The van der Waals surface area contributed by atoms with Crippen LogP contribution in [0.15, 0.2) is 61.2 Å². The van der Waals surface area contributed by atoms with Crippen LogP contribution >= 0.6 is 0 Å². The second-order valence-corrected chi connectivity index (χ2v) is 6.52. The van der Waals surface area contributed by atoms with E-state index < -0.39 is 6.04 Å². The molecule has 132 valence electrons. The molecular formula is C19H18N4O3. The molecule has 2 aromatic heterocycles. The van der Waals surface area contributed by atoms with Crippen LogP contribution < -0.4 is 0 Å². The van der Waals surface area contributed by atoms with Gasteiger partial charge in [-0.05, 0) is 24.1 Å². The number of rotatable bonds is 3. The van der Waals surface area contributed by atoms with Crippen molar-refractivity contribution in [1.29, 1.82) is 0 Å². The van der Waals surface area contributed by atoms with Crippen molar-refractivity contribution in [3.05, 3.63) is 82.4 Å². The summed E-state index contributed by atoms with van der Waals surface area (Å²) in [5, 5.41) is 11.7. The van der Waals surface area contributed by atoms with Crippen molar-refractivity contribution >= 4 is 11.4 Å². The predicted octanol–water partition coefficient (Wildman–Crippen LogP) is 2.61. The summed E-state index contributed by atoms with van der Waals surface area (Å²) in [4.78, 5) is 30.1. The standard InChI is InChI=1S/C19H18N4O3/c24-19(16-7-4-9-22-13-20-11-17(16)22)21-10-8-15(18(12-21)23(25)26)14-5-2-1-3-6-14/h1-7,9,11,13,15,18H,8,10,12H2/t15-,18+/m0/s1. The highest BCUT2D eigenvalue weighted by atomic mass is 16.6. The molecule has 1 aromatic carbocycles. The van der Waals surface area contributed by atoms with Crippen molar-refractivity contribution in [2.24, 2.45) is 0 Å². The van der Waals surface area contributed by atoms with Crippen LogP contribution in [0.4, 0.5) is 0 Å². The first-order valence-corrected chi connectivity index (χ1v) is 8.53. The summed E-state index contributed by atoms with van der Waals surface area (Å²) < 4.78 is 1.77. The van der Waals surface area contributed by atoms with Crippen molar-refractivity contribution in [1.82, 2.24) is 14.3 Å². The molecule has 0 aliphatic carbocycles. The minimum absolute atomic E-state index is 0.112. The van der Waals surface area contributed by atoms with Crippen LogP contribution in [0.2, 0.25) is 0 Å². The monoisotopic (exact) mass is 350 g/mol. The average molecular weight is 350 g/mol. The number of nitro groups is 1. The highest BCUT2D eigenvalue weighted by Gasteiger charge is 2.40. The van der Waals surface area contributed by atoms with E-state index in [4.69, 9.17) is 0 Å². The van der Waals surface area contributed by atoms with E-state index in [2.05, 4.69) is 4.98 Å². The highest BCUT2D eigenvalue weighted by molar-refractivity contribution is 6.00. The van der Waals surface area contributed by atoms with Gasteiger partial charge in [0.1, 0.15) is 0 Å². The van der Waals surface area contributed by atoms with E-state index in [1.54, 1.807) is 34.0 Å². The van der Waals surface area contributed by atoms with E-state index >= 15 is 0 Å². The van der Waals surface area contributed by atoms with E-state index in [-0.39, 0.29) is 23.3 Å². The Bertz CT molecular complexity index is 954. The first-order valence-electron chi connectivity index (χ1n) is 8.53. The maximum absolute atomic E-state index is 13.0. The van der Waals surface area contributed by atoms with Gasteiger partial charge in [-0.15, -0.1) is 0 Å². The fraction of sp³-hybridized carbons (Fsp3) is 0.263. The van der Waals surface area contributed by atoms with E-state index in [9.17, 15) is 14.9 Å². The molecule has 26 heavy (non-hydrogen) atoms. The van der Waals surface area contributed by atoms with Crippen molar-refractivity contribution in [3.63, 3.8) is 0 Å². The number of nitrogens with zero attached hydrogens (tertiary/aromatic N) is 4. The van der Waals surface area contributed by atoms with E-state index in [1.165, 1.54) is 0 Å². The number of benzene rings is 1. The first kappa shape index (κ1) is 16.3. The summed E-state index contributed by atoms with van der Waals surface area (Å²) in [6, 6.07) is 12.2. The van der Waals surface area contributed by atoms with Gasteiger partial charge >= 0.3 is 0 Å². The SMILES string of the molecule is O=C(c1cccn2cncc12)N1CC[C@@H](c2ccccc2)[C@H]([N+](=O)[O-])C1. The van der Waals surface area contributed by atoms with Crippen LogP contribution in [0.3, 0.4) is 0 Å². The van der Waals surface area contributed by atoms with Crippen molar-refractivity contribution in [2.75, 3.05) is 13.1 Å². The Labute approximate surface area is 150 Å². The summed E-state index contributed by atoms with van der Waals surface area (Å²) in [5.41, 5.74) is 2.18. The number of likely N-dealkylation sites (tertiary alicyclic amines) is 1. The molecule has 1 aliphatic rings. The van der Waals surface area contributed by atoms with Gasteiger partial charge in [0.25, 0.3) is 5.91 Å². The topological polar surface area (TPSA) is 80.8 Å². The Balaban J connectivity index is 1.61. The van der Waals surface area contributed by atoms with Crippen LogP contribution in [-0.4, -0.2) is 44.2 Å². The number of carbonyl (C=O) groups is 1. The minimum atomic E-state index is -0.806. The number of piperidine rings is 1. The predicted molar refractivity (Wildman–Crippen MR) is 95.7 cm³/mol. The van der Waals surface area contributed by atoms with Gasteiger partial charge in [0.2, 0.25) is 6.04 Å². The lowest BCUT2D eigenvalue weighted by atomic mass is 9.85.